The molecule has 0 saturated carbocycles. The second kappa shape index (κ2) is 4.25. The van der Waals surface area contributed by atoms with Crippen molar-refractivity contribution in [2.75, 3.05) is 19.8 Å². The molecule has 0 aromatic carbocycles. The number of carbonyl (C=O) groups is 1. The molecule has 1 amide bonds. The van der Waals surface area contributed by atoms with Crippen LogP contribution < -0.4 is 11.1 Å². The lowest BCUT2D eigenvalue weighted by Crippen LogP contribution is -2.45. The molecule has 1 heterocycles. The van der Waals surface area contributed by atoms with Crippen LogP contribution in [0.4, 0.5) is 0 Å². The third kappa shape index (κ3) is 3.25. The van der Waals surface area contributed by atoms with Gasteiger partial charge < -0.3 is 20.9 Å². The van der Waals surface area contributed by atoms with E-state index in [0.29, 0.717) is 13.2 Å². The van der Waals surface area contributed by atoms with E-state index >= 15 is 0 Å². The largest absolute Gasteiger partial charge is 0.389 e. The number of nitrogens with two attached hydrogens (primary N) is 1. The molecule has 0 aliphatic carbocycles. The van der Waals surface area contributed by atoms with Crippen LogP contribution in [0.15, 0.2) is 0 Å². The van der Waals surface area contributed by atoms with E-state index in [-0.39, 0.29) is 24.4 Å². The highest BCUT2D eigenvalue weighted by Gasteiger charge is 2.31. The minimum absolute atomic E-state index is 0.142. The number of hydrogen-bond acceptors (Lipinski definition) is 4. The molecule has 1 rings (SSSR count). The summed E-state index contributed by atoms with van der Waals surface area (Å²) in [6, 6.07) is -0.225. The van der Waals surface area contributed by atoms with E-state index in [1.807, 2.05) is 0 Å². The number of hydrogen-bond donors (Lipinski definition) is 3. The predicted molar refractivity (Wildman–Crippen MR) is 51.6 cm³/mol. The first kappa shape index (κ1) is 11.4. The van der Waals surface area contributed by atoms with Crippen LogP contribution >= 0.6 is 0 Å². The quantitative estimate of drug-likeness (QED) is 0.539. The van der Waals surface area contributed by atoms with Gasteiger partial charge in [0.1, 0.15) is 0 Å². The van der Waals surface area contributed by atoms with Gasteiger partial charge >= 0.3 is 0 Å². The van der Waals surface area contributed by atoms with Crippen molar-refractivity contribution < 1.29 is 14.6 Å². The molecule has 1 aliphatic heterocycles. The van der Waals surface area contributed by atoms with Crippen LogP contribution in [0.25, 0.3) is 0 Å². The smallest absolute Gasteiger partial charge is 0.227 e. The topological polar surface area (TPSA) is 84.6 Å². The molecule has 1 aliphatic rings. The molecule has 4 N–H and O–H groups in total. The maximum Gasteiger partial charge on any atom is 0.227 e. The van der Waals surface area contributed by atoms with Crippen LogP contribution in [-0.4, -0.2) is 42.4 Å². The third-order valence-corrected chi connectivity index (χ3v) is 2.16. The molecule has 5 nitrogen and oxygen atoms in total. The minimum atomic E-state index is -0.890. The van der Waals surface area contributed by atoms with Gasteiger partial charge in [-0.25, -0.2) is 0 Å². The van der Waals surface area contributed by atoms with Gasteiger partial charge in [0.2, 0.25) is 5.91 Å². The summed E-state index contributed by atoms with van der Waals surface area (Å²) < 4.78 is 5.07. The van der Waals surface area contributed by atoms with E-state index in [1.54, 1.807) is 13.8 Å². The van der Waals surface area contributed by atoms with Gasteiger partial charge in [-0.3, -0.25) is 4.79 Å². The Morgan fingerprint density at radius 3 is 2.71 bits per heavy atom. The fourth-order valence-electron chi connectivity index (χ4n) is 1.28. The summed E-state index contributed by atoms with van der Waals surface area (Å²) in [5.41, 5.74) is 4.78. The summed E-state index contributed by atoms with van der Waals surface area (Å²) in [5.74, 6) is -0.422. The molecule has 0 aromatic heterocycles. The van der Waals surface area contributed by atoms with Gasteiger partial charge in [-0.2, -0.15) is 0 Å². The van der Waals surface area contributed by atoms with E-state index in [9.17, 15) is 9.90 Å². The van der Waals surface area contributed by atoms with Crippen molar-refractivity contribution in [3.63, 3.8) is 0 Å². The Bertz CT molecular complexity index is 213. The molecule has 0 spiro atoms. The molecular weight excluding hydrogens is 184 g/mol. The van der Waals surface area contributed by atoms with Crippen LogP contribution in [0, 0.1) is 5.92 Å². The predicted octanol–water partition coefficient (Wildman–Crippen LogP) is -1.15. The number of rotatable bonds is 3. The Morgan fingerprint density at radius 1 is 1.64 bits per heavy atom. The standard InChI is InChI=1S/C9H18N2O3/c1-9(2,13)5-11-8(12)6-3-14-4-7(6)10/h6-7,13H,3-5,10H2,1-2H3,(H,11,12). The first-order valence-electron chi connectivity index (χ1n) is 4.73. The lowest BCUT2D eigenvalue weighted by Gasteiger charge is -2.20. The molecule has 1 fully saturated rings. The van der Waals surface area contributed by atoms with Crippen LogP contribution in [0.2, 0.25) is 0 Å². The van der Waals surface area contributed by atoms with Gasteiger partial charge in [-0.05, 0) is 13.8 Å². The lowest BCUT2D eigenvalue weighted by atomic mass is 10.0. The molecule has 0 bridgehead atoms. The highest BCUT2D eigenvalue weighted by atomic mass is 16.5. The second-order valence-electron chi connectivity index (χ2n) is 4.34. The zero-order chi connectivity index (χ0) is 10.8. The average molecular weight is 202 g/mol. The molecule has 14 heavy (non-hydrogen) atoms. The van der Waals surface area contributed by atoms with Crippen molar-refractivity contribution in [1.82, 2.24) is 5.32 Å². The van der Waals surface area contributed by atoms with Gasteiger partial charge in [0.15, 0.2) is 0 Å². The Balaban J connectivity index is 2.35. The summed E-state index contributed by atoms with van der Waals surface area (Å²) >= 11 is 0. The highest BCUT2D eigenvalue weighted by molar-refractivity contribution is 5.79. The van der Waals surface area contributed by atoms with Crippen LogP contribution in [0.1, 0.15) is 13.8 Å². The van der Waals surface area contributed by atoms with E-state index in [4.69, 9.17) is 10.5 Å². The molecule has 82 valence electrons. The minimum Gasteiger partial charge on any atom is -0.389 e. The van der Waals surface area contributed by atoms with Gasteiger partial charge in [-0.1, -0.05) is 0 Å². The Labute approximate surface area is 83.6 Å². The van der Waals surface area contributed by atoms with Crippen molar-refractivity contribution >= 4 is 5.91 Å². The van der Waals surface area contributed by atoms with Gasteiger partial charge in [0.25, 0.3) is 0 Å². The fourth-order valence-corrected chi connectivity index (χ4v) is 1.28. The summed E-state index contributed by atoms with van der Waals surface area (Å²) in [5, 5.41) is 12.0. The Morgan fingerprint density at radius 2 is 2.29 bits per heavy atom. The van der Waals surface area contributed by atoms with Crippen molar-refractivity contribution in [1.29, 1.82) is 0 Å². The normalized spacial score (nSPS) is 27.7. The fraction of sp³-hybridized carbons (Fsp3) is 0.889. The maximum atomic E-state index is 11.5. The van der Waals surface area contributed by atoms with E-state index in [0.717, 1.165) is 0 Å². The molecule has 2 atom stereocenters. The first-order chi connectivity index (χ1) is 6.40. The number of amides is 1. The summed E-state index contributed by atoms with van der Waals surface area (Å²) in [6.07, 6.45) is 0. The zero-order valence-corrected chi connectivity index (χ0v) is 8.62. The summed E-state index contributed by atoms with van der Waals surface area (Å²) in [7, 11) is 0. The van der Waals surface area contributed by atoms with Gasteiger partial charge in [0.05, 0.1) is 24.7 Å². The maximum absolute atomic E-state index is 11.5. The second-order valence-corrected chi connectivity index (χ2v) is 4.34. The van der Waals surface area contributed by atoms with Crippen molar-refractivity contribution in [3.05, 3.63) is 0 Å². The molecule has 0 radical (unpaired) electrons. The molecule has 1 saturated heterocycles. The first-order valence-corrected chi connectivity index (χ1v) is 4.73. The van der Waals surface area contributed by atoms with E-state index in [2.05, 4.69) is 5.32 Å². The SMILES string of the molecule is CC(C)(O)CNC(=O)C1COCC1N. The lowest BCUT2D eigenvalue weighted by molar-refractivity contribution is -0.126. The van der Waals surface area contributed by atoms with Crippen LogP contribution in [0.5, 0.6) is 0 Å². The Hall–Kier alpha value is -0.650. The van der Waals surface area contributed by atoms with E-state index < -0.39 is 5.60 Å². The van der Waals surface area contributed by atoms with Crippen molar-refractivity contribution in [3.8, 4) is 0 Å². The molecule has 5 heteroatoms. The van der Waals surface area contributed by atoms with Crippen LogP contribution in [0.3, 0.4) is 0 Å². The van der Waals surface area contributed by atoms with Crippen molar-refractivity contribution in [2.24, 2.45) is 11.7 Å². The van der Waals surface area contributed by atoms with Crippen LogP contribution in [-0.2, 0) is 9.53 Å². The summed E-state index contributed by atoms with van der Waals surface area (Å²) in [6.45, 7) is 4.31. The zero-order valence-electron chi connectivity index (χ0n) is 8.62. The highest BCUT2D eigenvalue weighted by Crippen LogP contribution is 2.11. The van der Waals surface area contributed by atoms with Crippen molar-refractivity contribution in [2.45, 2.75) is 25.5 Å². The third-order valence-electron chi connectivity index (χ3n) is 2.16. The van der Waals surface area contributed by atoms with Gasteiger partial charge in [-0.15, -0.1) is 0 Å². The molecule has 0 aromatic rings. The molecular formula is C9H18N2O3. The average Bonchev–Trinajstić information content (AvgIpc) is 2.46. The van der Waals surface area contributed by atoms with E-state index in [1.165, 1.54) is 0 Å². The number of nitrogens with one attached hydrogen (secondary N) is 1. The Kier molecular flexibility index (Phi) is 3.47. The van der Waals surface area contributed by atoms with Gasteiger partial charge in [0, 0.05) is 12.6 Å². The number of ether oxygens (including phenoxy) is 1. The monoisotopic (exact) mass is 202 g/mol. The summed E-state index contributed by atoms with van der Waals surface area (Å²) in [4.78, 5) is 11.5. The number of carbonyl (C=O) groups excluding carboxylic acids is 1. The number of aliphatic hydroxyl groups is 1. The molecule has 2 unspecified atom stereocenters.